The van der Waals surface area contributed by atoms with E-state index in [1.807, 2.05) is 72.9 Å². The summed E-state index contributed by atoms with van der Waals surface area (Å²) >= 11 is 1.86. The van der Waals surface area contributed by atoms with Gasteiger partial charge in [0.2, 0.25) is 0 Å². The van der Waals surface area contributed by atoms with Crippen molar-refractivity contribution in [3.63, 3.8) is 0 Å². The standard InChI is InChI=1S/C44H27N3S.C8H11N.C7H8/c45-43(46)31-15-9-17-35-40(31)32-24-25(26-12-7-14-30-28-11-2-6-21-39(28)48-42(26)30)22-23-33(32)44(35)34-16-3-5-20-38(34)47-37-19-4-1-10-27(37)29-13-8-18-36(44)41(29)47;1-7(9)8-5-3-2-4-6-8;1-7-5-3-2-4-6-7/h1-24H,(H3,45,46);2-7H,9H2,1H3;2-6H,1H3. The van der Waals surface area contributed by atoms with Crippen LogP contribution >= 0.6 is 11.3 Å². The van der Waals surface area contributed by atoms with Gasteiger partial charge in [0.25, 0.3) is 0 Å². The molecule has 2 unspecified atom stereocenters. The second kappa shape index (κ2) is 15.7. The molecular formula is C59H46N4S. The number of amidine groups is 1. The highest BCUT2D eigenvalue weighted by molar-refractivity contribution is 7.26. The van der Waals surface area contributed by atoms with Gasteiger partial charge in [0.15, 0.2) is 0 Å². The number of rotatable bonds is 3. The lowest BCUT2D eigenvalue weighted by molar-refractivity contribution is 0.748. The van der Waals surface area contributed by atoms with Crippen LogP contribution in [0.25, 0.3) is 69.9 Å². The molecule has 308 valence electrons. The van der Waals surface area contributed by atoms with Crippen LogP contribution in [0.5, 0.6) is 0 Å². The number of benzene rings is 9. The van der Waals surface area contributed by atoms with Crippen LogP contribution in [0.1, 0.15) is 51.9 Å². The van der Waals surface area contributed by atoms with E-state index in [4.69, 9.17) is 16.9 Å². The van der Waals surface area contributed by atoms with Gasteiger partial charge in [0.05, 0.1) is 22.1 Å². The van der Waals surface area contributed by atoms with Gasteiger partial charge in [-0.1, -0.05) is 188 Å². The summed E-state index contributed by atoms with van der Waals surface area (Å²) < 4.78 is 5.05. The number of thiophene rings is 1. The molecule has 0 amide bonds. The third-order valence-electron chi connectivity index (χ3n) is 13.1. The van der Waals surface area contributed by atoms with E-state index < -0.39 is 5.41 Å². The molecule has 2 atom stereocenters. The number of nitrogens with two attached hydrogens (primary N) is 2. The summed E-state index contributed by atoms with van der Waals surface area (Å²) in [6.07, 6.45) is 0. The molecule has 13 rings (SSSR count). The van der Waals surface area contributed by atoms with Gasteiger partial charge in [-0.05, 0) is 88.2 Å². The molecule has 0 saturated heterocycles. The molecule has 64 heavy (non-hydrogen) atoms. The van der Waals surface area contributed by atoms with E-state index in [1.165, 1.54) is 92.2 Å². The second-order valence-corrected chi connectivity index (χ2v) is 17.9. The smallest absolute Gasteiger partial charge is 0.123 e. The normalized spacial score (nSPS) is 14.6. The largest absolute Gasteiger partial charge is 0.384 e. The number of para-hydroxylation sites is 3. The quantitative estimate of drug-likeness (QED) is 0.122. The predicted molar refractivity (Wildman–Crippen MR) is 271 cm³/mol. The van der Waals surface area contributed by atoms with Crippen LogP contribution in [-0.2, 0) is 5.41 Å². The van der Waals surface area contributed by atoms with Crippen molar-refractivity contribution in [2.45, 2.75) is 25.3 Å². The van der Waals surface area contributed by atoms with Crippen LogP contribution in [0.2, 0.25) is 0 Å². The van der Waals surface area contributed by atoms with Crippen molar-refractivity contribution < 1.29 is 0 Å². The molecule has 0 saturated carbocycles. The minimum Gasteiger partial charge on any atom is -0.384 e. The lowest BCUT2D eigenvalue weighted by Crippen LogP contribution is -2.33. The molecule has 1 aliphatic carbocycles. The third kappa shape index (κ3) is 6.04. The summed E-state index contributed by atoms with van der Waals surface area (Å²) in [5.41, 5.74) is 27.9. The van der Waals surface area contributed by atoms with E-state index >= 15 is 0 Å². The Hall–Kier alpha value is -7.57. The van der Waals surface area contributed by atoms with Crippen molar-refractivity contribution >= 4 is 59.2 Å². The molecule has 1 spiro atoms. The van der Waals surface area contributed by atoms with E-state index in [-0.39, 0.29) is 11.9 Å². The van der Waals surface area contributed by atoms with Gasteiger partial charge >= 0.3 is 0 Å². The van der Waals surface area contributed by atoms with Gasteiger partial charge in [-0.3, -0.25) is 5.41 Å². The molecule has 11 aromatic rings. The maximum atomic E-state index is 8.76. The van der Waals surface area contributed by atoms with Crippen LogP contribution in [0.3, 0.4) is 0 Å². The van der Waals surface area contributed by atoms with Crippen LogP contribution in [-0.4, -0.2) is 10.4 Å². The maximum absolute atomic E-state index is 8.76. The van der Waals surface area contributed by atoms with E-state index in [2.05, 4.69) is 163 Å². The first kappa shape index (κ1) is 39.3. The van der Waals surface area contributed by atoms with Crippen LogP contribution in [0.4, 0.5) is 0 Å². The van der Waals surface area contributed by atoms with Gasteiger partial charge in [0, 0.05) is 42.6 Å². The first-order valence-corrected chi connectivity index (χ1v) is 22.7. The Morgan fingerprint density at radius 3 is 1.94 bits per heavy atom. The number of nitrogens with zero attached hydrogens (tertiary/aromatic N) is 1. The van der Waals surface area contributed by atoms with Crippen molar-refractivity contribution in [3.8, 4) is 27.9 Å². The number of aromatic nitrogens is 1. The SMILES string of the molecule is CC(N)c1ccccc1.Cc1ccccc1.N=C(N)c1cccc2c1-c1cc(-c3cccc4c3sc3ccccc34)ccc1C21c2ccccc2-n2c3ccccc3c3cccc1c32. The average molecular weight is 843 g/mol. The predicted octanol–water partition coefficient (Wildman–Crippen LogP) is 14.5. The molecule has 2 aliphatic rings. The van der Waals surface area contributed by atoms with Crippen molar-refractivity contribution in [1.82, 2.24) is 4.57 Å². The van der Waals surface area contributed by atoms with Crippen molar-refractivity contribution in [2.24, 2.45) is 11.5 Å². The summed E-state index contributed by atoms with van der Waals surface area (Å²) in [4.78, 5) is 0. The fourth-order valence-corrected chi connectivity index (χ4v) is 11.6. The fourth-order valence-electron chi connectivity index (χ4n) is 10.3. The van der Waals surface area contributed by atoms with E-state index in [9.17, 15) is 0 Å². The summed E-state index contributed by atoms with van der Waals surface area (Å²) in [5, 5.41) is 13.9. The lowest BCUT2D eigenvalue weighted by atomic mass is 9.65. The van der Waals surface area contributed by atoms with Crippen molar-refractivity contribution in [2.75, 3.05) is 0 Å². The van der Waals surface area contributed by atoms with Gasteiger partial charge < -0.3 is 16.0 Å². The Morgan fingerprint density at radius 1 is 0.562 bits per heavy atom. The first-order valence-electron chi connectivity index (χ1n) is 21.8. The molecule has 0 bridgehead atoms. The molecule has 2 aromatic heterocycles. The summed E-state index contributed by atoms with van der Waals surface area (Å²) in [6.45, 7) is 4.06. The number of hydrogen-bond donors (Lipinski definition) is 3. The number of nitrogens with one attached hydrogen (secondary N) is 1. The Labute approximate surface area is 377 Å². The minimum absolute atomic E-state index is 0.0864. The number of nitrogen functional groups attached to an aromatic ring is 1. The molecule has 1 aliphatic heterocycles. The third-order valence-corrected chi connectivity index (χ3v) is 14.3. The highest BCUT2D eigenvalue weighted by atomic mass is 32.1. The molecule has 5 N–H and O–H groups in total. The highest BCUT2D eigenvalue weighted by Crippen LogP contribution is 2.62. The average Bonchev–Trinajstić information content (AvgIpc) is 3.99. The zero-order chi connectivity index (χ0) is 43.5. The van der Waals surface area contributed by atoms with Crippen LogP contribution < -0.4 is 11.5 Å². The number of fused-ring (bicyclic) bond motifs is 15. The minimum atomic E-state index is -0.585. The molecule has 9 aromatic carbocycles. The molecule has 3 heterocycles. The Morgan fingerprint density at radius 2 is 1.19 bits per heavy atom. The van der Waals surface area contributed by atoms with Gasteiger partial charge in [-0.15, -0.1) is 11.3 Å². The summed E-state index contributed by atoms with van der Waals surface area (Å²) in [7, 11) is 0. The second-order valence-electron chi connectivity index (χ2n) is 16.9. The fraction of sp³-hybridized carbons (Fsp3) is 0.0678. The van der Waals surface area contributed by atoms with Gasteiger partial charge in [-0.2, -0.15) is 0 Å². The monoisotopic (exact) mass is 842 g/mol. The van der Waals surface area contributed by atoms with E-state index in [1.54, 1.807) is 0 Å². The van der Waals surface area contributed by atoms with Crippen molar-refractivity contribution in [3.05, 3.63) is 245 Å². The molecular weight excluding hydrogens is 797 g/mol. The van der Waals surface area contributed by atoms with E-state index in [0.717, 1.165) is 16.7 Å². The zero-order valence-corrected chi connectivity index (χ0v) is 36.5. The topological polar surface area (TPSA) is 80.8 Å². The van der Waals surface area contributed by atoms with Crippen LogP contribution in [0, 0.1) is 12.3 Å². The van der Waals surface area contributed by atoms with Gasteiger partial charge in [0.1, 0.15) is 5.84 Å². The number of aryl methyl sites for hydroxylation is 1. The van der Waals surface area contributed by atoms with Gasteiger partial charge in [-0.25, -0.2) is 0 Å². The summed E-state index contributed by atoms with van der Waals surface area (Å²) in [6, 6.07) is 73.6. The molecule has 4 nitrogen and oxygen atoms in total. The molecule has 0 radical (unpaired) electrons. The first-order chi connectivity index (χ1) is 31.4. The summed E-state index contributed by atoms with van der Waals surface area (Å²) in [5.74, 6) is 0.0864. The highest BCUT2D eigenvalue weighted by Gasteiger charge is 2.51. The maximum Gasteiger partial charge on any atom is 0.123 e. The van der Waals surface area contributed by atoms with Crippen molar-refractivity contribution in [1.29, 1.82) is 5.41 Å². The van der Waals surface area contributed by atoms with Crippen LogP contribution in [0.15, 0.2) is 206 Å². The van der Waals surface area contributed by atoms with E-state index in [0.29, 0.717) is 0 Å². The Bertz CT molecular complexity index is 3580. The number of hydrogen-bond acceptors (Lipinski definition) is 3. The Balaban J connectivity index is 0.000000241. The zero-order valence-electron chi connectivity index (χ0n) is 35.7. The lowest BCUT2D eigenvalue weighted by Gasteiger charge is -2.39. The molecule has 5 heteroatoms. The molecule has 0 fully saturated rings. The Kier molecular flexibility index (Phi) is 9.61.